The van der Waals surface area contributed by atoms with Crippen LogP contribution in [-0.4, -0.2) is 61.6 Å². The van der Waals surface area contributed by atoms with Gasteiger partial charge in [0.05, 0.1) is 18.0 Å². The molecule has 2 aromatic rings. The zero-order valence-electron chi connectivity index (χ0n) is 21.3. The predicted octanol–water partition coefficient (Wildman–Crippen LogP) is 5.54. The molecule has 6 nitrogen and oxygen atoms in total. The number of halogens is 1. The van der Waals surface area contributed by atoms with E-state index in [4.69, 9.17) is 14.5 Å². The third kappa shape index (κ3) is 5.98. The molecule has 2 aliphatic heterocycles. The lowest BCUT2D eigenvalue weighted by atomic mass is 9.86. The summed E-state index contributed by atoms with van der Waals surface area (Å²) in [6, 6.07) is 9.48. The largest absolute Gasteiger partial charge is 0.494 e. The molecule has 1 unspecified atom stereocenters. The molecule has 1 aromatic heterocycles. The number of hydrogen-bond donors (Lipinski definition) is 0. The van der Waals surface area contributed by atoms with E-state index < -0.39 is 13.6 Å². The Kier molecular flexibility index (Phi) is 7.71. The molecule has 188 valence electrons. The van der Waals surface area contributed by atoms with Crippen molar-refractivity contribution < 1.29 is 18.7 Å². The molecule has 0 aliphatic carbocycles. The van der Waals surface area contributed by atoms with Crippen LogP contribution in [-0.2, 0) is 9.53 Å². The molecule has 0 saturated carbocycles. The van der Waals surface area contributed by atoms with Gasteiger partial charge in [0, 0.05) is 33.0 Å². The van der Waals surface area contributed by atoms with Gasteiger partial charge in [-0.3, -0.25) is 14.8 Å². The van der Waals surface area contributed by atoms with Crippen LogP contribution in [0.25, 0.3) is 11.1 Å². The van der Waals surface area contributed by atoms with Crippen molar-refractivity contribution in [3.8, 4) is 16.9 Å². The number of carbonyl (C=O) groups is 1. The van der Waals surface area contributed by atoms with Crippen LogP contribution in [0.5, 0.6) is 5.75 Å². The van der Waals surface area contributed by atoms with E-state index in [1.165, 1.54) is 6.07 Å². The third-order valence-corrected chi connectivity index (χ3v) is 8.39. The number of likely N-dealkylation sites (tertiary alicyclic amines) is 1. The maximum atomic E-state index is 14.6. The van der Waals surface area contributed by atoms with Gasteiger partial charge in [-0.1, -0.05) is 19.6 Å². The summed E-state index contributed by atoms with van der Waals surface area (Å²) in [5.74, 6) is 0.361. The number of ether oxygens (including phenoxy) is 2. The Labute approximate surface area is 208 Å². The smallest absolute Gasteiger partial charge is 0.252 e. The van der Waals surface area contributed by atoms with Crippen molar-refractivity contribution >= 4 is 19.7 Å². The Bertz CT molecular complexity index is 1100. The number of aliphatic imine (C=N–C) groups is 1. The summed E-state index contributed by atoms with van der Waals surface area (Å²) >= 11 is 0. The predicted molar refractivity (Wildman–Crippen MR) is 139 cm³/mol. The van der Waals surface area contributed by atoms with Crippen LogP contribution < -0.4 is 4.74 Å². The summed E-state index contributed by atoms with van der Waals surface area (Å²) in [5.41, 5.74) is 1.95. The molecular weight excluding hydrogens is 461 g/mol. The van der Waals surface area contributed by atoms with E-state index in [-0.39, 0.29) is 11.7 Å². The van der Waals surface area contributed by atoms with Crippen LogP contribution in [0.15, 0.2) is 41.5 Å². The lowest BCUT2D eigenvalue weighted by Crippen LogP contribution is -2.52. The second-order valence-corrected chi connectivity index (χ2v) is 16.2. The van der Waals surface area contributed by atoms with Crippen LogP contribution in [0.2, 0.25) is 25.7 Å². The highest BCUT2D eigenvalue weighted by molar-refractivity contribution is 6.76. The molecule has 1 saturated heterocycles. The van der Waals surface area contributed by atoms with Gasteiger partial charge in [-0.25, -0.2) is 4.39 Å². The second-order valence-electron chi connectivity index (χ2n) is 10.6. The van der Waals surface area contributed by atoms with Crippen molar-refractivity contribution in [1.82, 2.24) is 9.88 Å². The van der Waals surface area contributed by atoms with Crippen molar-refractivity contribution in [2.24, 2.45) is 4.99 Å². The van der Waals surface area contributed by atoms with Crippen molar-refractivity contribution in [2.45, 2.75) is 63.8 Å². The zero-order valence-corrected chi connectivity index (χ0v) is 22.3. The lowest BCUT2D eigenvalue weighted by molar-refractivity contribution is -0.146. The van der Waals surface area contributed by atoms with Crippen molar-refractivity contribution in [3.63, 3.8) is 0 Å². The van der Waals surface area contributed by atoms with Gasteiger partial charge >= 0.3 is 0 Å². The average molecular weight is 498 g/mol. The topological polar surface area (TPSA) is 64.0 Å². The van der Waals surface area contributed by atoms with Gasteiger partial charge in [-0.15, -0.1) is 0 Å². The van der Waals surface area contributed by atoms with Crippen LogP contribution in [0, 0.1) is 5.82 Å². The first kappa shape index (κ1) is 25.5. The molecule has 1 fully saturated rings. The van der Waals surface area contributed by atoms with Crippen molar-refractivity contribution in [3.05, 3.63) is 48.0 Å². The quantitative estimate of drug-likeness (QED) is 0.337. The fourth-order valence-corrected chi connectivity index (χ4v) is 5.45. The van der Waals surface area contributed by atoms with E-state index in [1.807, 2.05) is 17.9 Å². The lowest BCUT2D eigenvalue weighted by Gasteiger charge is -2.37. The first-order chi connectivity index (χ1) is 16.7. The highest BCUT2D eigenvalue weighted by atomic mass is 28.3. The minimum atomic E-state index is -1.17. The average Bonchev–Trinajstić information content (AvgIpc) is 3.25. The summed E-state index contributed by atoms with van der Waals surface area (Å²) in [5, 5.41) is 0. The first-order valence-electron chi connectivity index (χ1n) is 12.6. The number of rotatable bonds is 9. The Morgan fingerprint density at radius 1 is 1.17 bits per heavy atom. The van der Waals surface area contributed by atoms with E-state index in [0.717, 1.165) is 24.6 Å². The molecule has 3 heterocycles. The normalized spacial score (nSPS) is 20.4. The number of aromatic nitrogens is 1. The molecule has 0 radical (unpaired) electrons. The Morgan fingerprint density at radius 3 is 2.77 bits per heavy atom. The number of amides is 1. The van der Waals surface area contributed by atoms with Gasteiger partial charge in [0.25, 0.3) is 5.91 Å². The monoisotopic (exact) mass is 497 g/mol. The SMILES string of the molecule is CCOc1ccc(F)c(-c2ccnc(C3=NC4(CCCN(COCC[Si](C)(C)C)C4=O)CC3)c2)c1. The number of pyridine rings is 1. The Balaban J connectivity index is 1.51. The molecular formula is C27H36FN3O3Si. The standard InChI is InChI=1S/C27H36FN3O3Si/c1-5-34-21-7-8-23(28)22(18-21)20-10-13-29-25(17-20)24-9-12-27(30-24)11-6-14-31(26(27)32)19-33-15-16-35(2,3)4/h7-8,10,13,17-18H,5-6,9,11-12,14-16,19H2,1-4H3. The van der Waals surface area contributed by atoms with Gasteiger partial charge in [0.2, 0.25) is 0 Å². The van der Waals surface area contributed by atoms with E-state index in [2.05, 4.69) is 24.6 Å². The maximum Gasteiger partial charge on any atom is 0.252 e. The molecule has 1 aromatic carbocycles. The van der Waals surface area contributed by atoms with Crippen molar-refractivity contribution in [2.75, 3.05) is 26.5 Å². The van der Waals surface area contributed by atoms with E-state index >= 15 is 0 Å². The van der Waals surface area contributed by atoms with E-state index in [0.29, 0.717) is 61.9 Å². The number of nitrogens with zero attached hydrogens (tertiary/aromatic N) is 3. The first-order valence-corrected chi connectivity index (χ1v) is 16.3. The fourth-order valence-electron chi connectivity index (χ4n) is 4.70. The molecule has 2 aliphatic rings. The van der Waals surface area contributed by atoms with Gasteiger partial charge in [0.15, 0.2) is 0 Å². The highest BCUT2D eigenvalue weighted by Crippen LogP contribution is 2.37. The minimum Gasteiger partial charge on any atom is -0.494 e. The van der Waals surface area contributed by atoms with Crippen molar-refractivity contribution in [1.29, 1.82) is 0 Å². The fraction of sp³-hybridized carbons (Fsp3) is 0.519. The maximum absolute atomic E-state index is 14.6. The number of benzene rings is 1. The Morgan fingerprint density at radius 2 is 2.00 bits per heavy atom. The van der Waals surface area contributed by atoms with Gasteiger partial charge in [-0.05, 0) is 74.5 Å². The molecule has 1 atom stereocenters. The summed E-state index contributed by atoms with van der Waals surface area (Å²) < 4.78 is 26.0. The molecule has 4 rings (SSSR count). The van der Waals surface area contributed by atoms with Crippen LogP contribution in [0.1, 0.15) is 38.3 Å². The van der Waals surface area contributed by atoms with Gasteiger partial charge in [0.1, 0.15) is 23.8 Å². The zero-order chi connectivity index (χ0) is 25.1. The van der Waals surface area contributed by atoms with Crippen LogP contribution in [0.3, 0.4) is 0 Å². The summed E-state index contributed by atoms with van der Waals surface area (Å²) in [6.07, 6.45) is 4.67. The van der Waals surface area contributed by atoms with Gasteiger partial charge in [-0.2, -0.15) is 0 Å². The van der Waals surface area contributed by atoms with Gasteiger partial charge < -0.3 is 14.4 Å². The number of hydrogen-bond acceptors (Lipinski definition) is 5. The second kappa shape index (κ2) is 10.6. The molecule has 35 heavy (non-hydrogen) atoms. The number of carbonyl (C=O) groups excluding carboxylic acids is 1. The summed E-state index contributed by atoms with van der Waals surface area (Å²) in [7, 11) is -1.17. The molecule has 0 N–H and O–H groups in total. The third-order valence-electron chi connectivity index (χ3n) is 6.69. The minimum absolute atomic E-state index is 0.0540. The molecule has 1 spiro atoms. The van der Waals surface area contributed by atoms with Crippen LogP contribution >= 0.6 is 0 Å². The molecule has 8 heteroatoms. The summed E-state index contributed by atoms with van der Waals surface area (Å²) in [6.45, 7) is 11.1. The molecule has 0 bridgehead atoms. The highest BCUT2D eigenvalue weighted by Gasteiger charge is 2.47. The molecule has 1 amide bonds. The number of piperidine rings is 1. The summed E-state index contributed by atoms with van der Waals surface area (Å²) in [4.78, 5) is 24.7. The van der Waals surface area contributed by atoms with E-state index in [1.54, 1.807) is 24.4 Å². The van der Waals surface area contributed by atoms with Crippen LogP contribution in [0.4, 0.5) is 4.39 Å². The Hall–Kier alpha value is -2.58. The van der Waals surface area contributed by atoms with E-state index in [9.17, 15) is 9.18 Å².